The van der Waals surface area contributed by atoms with Crippen molar-refractivity contribution in [3.05, 3.63) is 51.8 Å². The van der Waals surface area contributed by atoms with E-state index in [1.807, 2.05) is 13.0 Å². The smallest absolute Gasteiger partial charge is 0.188 e. The van der Waals surface area contributed by atoms with E-state index in [1.54, 1.807) is 12.1 Å². The van der Waals surface area contributed by atoms with Crippen molar-refractivity contribution in [1.82, 2.24) is 4.98 Å². The van der Waals surface area contributed by atoms with Crippen molar-refractivity contribution in [2.45, 2.75) is 6.92 Å². The average molecular weight is 327 g/mol. The fourth-order valence-corrected chi connectivity index (χ4v) is 3.19. The quantitative estimate of drug-likeness (QED) is 0.644. The fourth-order valence-electron chi connectivity index (χ4n) is 1.83. The minimum absolute atomic E-state index is 0.278. The molecule has 20 heavy (non-hydrogen) atoms. The Kier molecular flexibility index (Phi) is 3.54. The summed E-state index contributed by atoms with van der Waals surface area (Å²) >= 11 is 13.7. The molecule has 102 valence electrons. The molecule has 1 N–H and O–H groups in total. The minimum Gasteiger partial charge on any atom is -0.329 e. The second-order valence-corrected chi connectivity index (χ2v) is 6.13. The van der Waals surface area contributed by atoms with Gasteiger partial charge in [-0.05, 0) is 36.8 Å². The molecule has 3 rings (SSSR count). The third-order valence-electron chi connectivity index (χ3n) is 2.87. The molecule has 0 bridgehead atoms. The van der Waals surface area contributed by atoms with E-state index in [0.717, 1.165) is 15.8 Å². The van der Waals surface area contributed by atoms with Crippen LogP contribution >= 0.6 is 34.5 Å². The van der Waals surface area contributed by atoms with Crippen LogP contribution in [0.15, 0.2) is 30.3 Å². The number of thiazole rings is 1. The van der Waals surface area contributed by atoms with Crippen molar-refractivity contribution in [3.63, 3.8) is 0 Å². The second kappa shape index (κ2) is 5.20. The maximum Gasteiger partial charge on any atom is 0.188 e. The van der Waals surface area contributed by atoms with Crippen LogP contribution in [0.4, 0.5) is 15.2 Å². The predicted octanol–water partition coefficient (Wildman–Crippen LogP) is 5.79. The molecule has 0 atom stereocenters. The SMILES string of the molecule is Cc1ccc(Cl)c(Nc2nc3ccc(F)cc3s2)c1Cl. The number of nitrogens with zero attached hydrogens (tertiary/aromatic N) is 1. The summed E-state index contributed by atoms with van der Waals surface area (Å²) in [4.78, 5) is 4.38. The molecule has 0 aliphatic heterocycles. The fraction of sp³-hybridized carbons (Fsp3) is 0.0714. The lowest BCUT2D eigenvalue weighted by Crippen LogP contribution is -1.93. The Morgan fingerprint density at radius 2 is 2.00 bits per heavy atom. The van der Waals surface area contributed by atoms with Crippen LogP contribution in [0.5, 0.6) is 0 Å². The first-order valence-electron chi connectivity index (χ1n) is 5.82. The number of aryl methyl sites for hydroxylation is 1. The monoisotopic (exact) mass is 326 g/mol. The van der Waals surface area contributed by atoms with Crippen molar-refractivity contribution in [2.24, 2.45) is 0 Å². The molecule has 0 saturated heterocycles. The van der Waals surface area contributed by atoms with E-state index in [2.05, 4.69) is 10.3 Å². The van der Waals surface area contributed by atoms with E-state index in [0.29, 0.717) is 20.9 Å². The largest absolute Gasteiger partial charge is 0.329 e. The average Bonchev–Trinajstić information content (AvgIpc) is 2.81. The number of hydrogen-bond donors (Lipinski definition) is 1. The zero-order valence-electron chi connectivity index (χ0n) is 10.4. The first-order chi connectivity index (χ1) is 9.54. The third kappa shape index (κ3) is 2.46. The number of hydrogen-bond acceptors (Lipinski definition) is 3. The molecule has 0 aliphatic rings. The number of nitrogens with one attached hydrogen (secondary N) is 1. The molecule has 3 aromatic rings. The van der Waals surface area contributed by atoms with E-state index in [1.165, 1.54) is 23.5 Å². The lowest BCUT2D eigenvalue weighted by molar-refractivity contribution is 0.630. The number of anilines is 2. The molecule has 2 nitrogen and oxygen atoms in total. The molecule has 0 spiro atoms. The highest BCUT2D eigenvalue weighted by Crippen LogP contribution is 2.37. The van der Waals surface area contributed by atoms with Gasteiger partial charge in [0.15, 0.2) is 5.13 Å². The van der Waals surface area contributed by atoms with E-state index >= 15 is 0 Å². The number of rotatable bonds is 2. The predicted molar refractivity (Wildman–Crippen MR) is 84.1 cm³/mol. The maximum atomic E-state index is 13.2. The van der Waals surface area contributed by atoms with Crippen LogP contribution < -0.4 is 5.32 Å². The highest BCUT2D eigenvalue weighted by Gasteiger charge is 2.11. The molecule has 0 aliphatic carbocycles. The summed E-state index contributed by atoms with van der Waals surface area (Å²) in [6, 6.07) is 8.11. The summed E-state index contributed by atoms with van der Waals surface area (Å²) in [6.45, 7) is 1.90. The van der Waals surface area contributed by atoms with Crippen LogP contribution in [-0.4, -0.2) is 4.98 Å². The molecular formula is C14H9Cl2FN2S. The van der Waals surface area contributed by atoms with Crippen LogP contribution in [0.25, 0.3) is 10.2 Å². The van der Waals surface area contributed by atoms with Gasteiger partial charge < -0.3 is 5.32 Å². The maximum absolute atomic E-state index is 13.2. The number of fused-ring (bicyclic) bond motifs is 1. The Labute approximate surface area is 129 Å². The summed E-state index contributed by atoms with van der Waals surface area (Å²) in [7, 11) is 0. The van der Waals surface area contributed by atoms with Crippen LogP contribution in [0, 0.1) is 12.7 Å². The Balaban J connectivity index is 2.03. The first-order valence-corrected chi connectivity index (χ1v) is 7.39. The molecule has 0 radical (unpaired) electrons. The van der Waals surface area contributed by atoms with Gasteiger partial charge in [-0.2, -0.15) is 0 Å². The van der Waals surface area contributed by atoms with E-state index in [4.69, 9.17) is 23.2 Å². The van der Waals surface area contributed by atoms with Crippen molar-refractivity contribution in [1.29, 1.82) is 0 Å². The van der Waals surface area contributed by atoms with Gasteiger partial charge in [-0.3, -0.25) is 0 Å². The van der Waals surface area contributed by atoms with E-state index in [-0.39, 0.29) is 5.82 Å². The second-order valence-electron chi connectivity index (χ2n) is 4.31. The molecule has 1 aromatic heterocycles. The zero-order valence-corrected chi connectivity index (χ0v) is 12.7. The molecule has 0 fully saturated rings. The number of halogens is 3. The van der Waals surface area contributed by atoms with E-state index < -0.39 is 0 Å². The first kappa shape index (κ1) is 13.6. The Morgan fingerprint density at radius 3 is 2.80 bits per heavy atom. The summed E-state index contributed by atoms with van der Waals surface area (Å²) in [5.74, 6) is -0.278. The molecule has 0 unspecified atom stereocenters. The van der Waals surface area contributed by atoms with Gasteiger partial charge in [0.1, 0.15) is 5.82 Å². The molecule has 1 heterocycles. The van der Waals surface area contributed by atoms with Crippen LogP contribution in [0.2, 0.25) is 10.0 Å². The molecule has 6 heteroatoms. The van der Waals surface area contributed by atoms with Crippen LogP contribution in [-0.2, 0) is 0 Å². The molecule has 0 amide bonds. The molecular weight excluding hydrogens is 318 g/mol. The lowest BCUT2D eigenvalue weighted by Gasteiger charge is -2.09. The Bertz CT molecular complexity index is 801. The van der Waals surface area contributed by atoms with Crippen molar-refractivity contribution >= 4 is 55.6 Å². The standard InChI is InChI=1S/C14H9Cl2FN2S/c1-7-2-4-9(15)13(12(7)16)19-14-18-10-5-3-8(17)6-11(10)20-14/h2-6H,1H3,(H,18,19). The van der Waals surface area contributed by atoms with Crippen LogP contribution in [0.3, 0.4) is 0 Å². The number of benzene rings is 2. The van der Waals surface area contributed by atoms with Crippen LogP contribution in [0.1, 0.15) is 5.56 Å². The topological polar surface area (TPSA) is 24.9 Å². The summed E-state index contributed by atoms with van der Waals surface area (Å²) < 4.78 is 13.9. The van der Waals surface area contributed by atoms with Crippen molar-refractivity contribution in [3.8, 4) is 0 Å². The summed E-state index contributed by atoms with van der Waals surface area (Å²) in [6.07, 6.45) is 0. The minimum atomic E-state index is -0.278. The van der Waals surface area contributed by atoms with Gasteiger partial charge in [0.05, 0.1) is 25.9 Å². The van der Waals surface area contributed by atoms with Crippen molar-refractivity contribution in [2.75, 3.05) is 5.32 Å². The van der Waals surface area contributed by atoms with Gasteiger partial charge in [-0.25, -0.2) is 9.37 Å². The van der Waals surface area contributed by atoms with E-state index in [9.17, 15) is 4.39 Å². The molecule has 2 aromatic carbocycles. The molecule has 0 saturated carbocycles. The van der Waals surface area contributed by atoms with Gasteiger partial charge >= 0.3 is 0 Å². The zero-order chi connectivity index (χ0) is 14.3. The van der Waals surface area contributed by atoms with Gasteiger partial charge in [-0.1, -0.05) is 40.6 Å². The highest BCUT2D eigenvalue weighted by atomic mass is 35.5. The van der Waals surface area contributed by atoms with Crippen molar-refractivity contribution < 1.29 is 4.39 Å². The summed E-state index contributed by atoms with van der Waals surface area (Å²) in [5.41, 5.74) is 2.28. The van der Waals surface area contributed by atoms with Gasteiger partial charge in [0.25, 0.3) is 0 Å². The normalized spacial score (nSPS) is 11.0. The Morgan fingerprint density at radius 1 is 1.20 bits per heavy atom. The van der Waals surface area contributed by atoms with Gasteiger partial charge in [-0.15, -0.1) is 0 Å². The lowest BCUT2D eigenvalue weighted by atomic mass is 10.2. The van der Waals surface area contributed by atoms with Gasteiger partial charge in [0, 0.05) is 0 Å². The third-order valence-corrected chi connectivity index (χ3v) is 4.60. The highest BCUT2D eigenvalue weighted by molar-refractivity contribution is 7.22. The summed E-state index contributed by atoms with van der Waals surface area (Å²) in [5, 5.41) is 4.81. The Hall–Kier alpha value is -1.36. The number of aromatic nitrogens is 1. The van der Waals surface area contributed by atoms with Gasteiger partial charge in [0.2, 0.25) is 0 Å².